The van der Waals surface area contributed by atoms with Gasteiger partial charge in [-0.15, -0.1) is 0 Å². The molecular formula is C17H17NO3. The fourth-order valence-corrected chi connectivity index (χ4v) is 1.84. The van der Waals surface area contributed by atoms with Gasteiger partial charge in [-0.2, -0.15) is 5.26 Å². The van der Waals surface area contributed by atoms with Crippen LogP contribution in [-0.2, 0) is 11.3 Å². The van der Waals surface area contributed by atoms with Crippen molar-refractivity contribution >= 4 is 0 Å². The van der Waals surface area contributed by atoms with Crippen LogP contribution in [0.1, 0.15) is 11.1 Å². The maximum Gasteiger partial charge on any atom is 0.136 e. The number of nitrogens with zero attached hydrogens (tertiary/aromatic N) is 1. The van der Waals surface area contributed by atoms with Crippen LogP contribution in [0.2, 0.25) is 0 Å². The number of methoxy groups -OCH3 is 1. The van der Waals surface area contributed by atoms with Crippen LogP contribution in [0.3, 0.4) is 0 Å². The summed E-state index contributed by atoms with van der Waals surface area (Å²) in [5.74, 6) is 1.40. The molecule has 0 N–H and O–H groups in total. The molecule has 0 amide bonds. The summed E-state index contributed by atoms with van der Waals surface area (Å²) in [4.78, 5) is 0. The third-order valence-corrected chi connectivity index (χ3v) is 2.89. The maximum atomic E-state index is 8.92. The molecule has 108 valence electrons. The summed E-state index contributed by atoms with van der Waals surface area (Å²) < 4.78 is 16.2. The van der Waals surface area contributed by atoms with Crippen LogP contribution in [-0.4, -0.2) is 20.3 Å². The molecule has 4 heteroatoms. The van der Waals surface area contributed by atoms with Crippen molar-refractivity contribution in [1.29, 1.82) is 5.26 Å². The molecule has 0 atom stereocenters. The molecule has 0 radical (unpaired) electrons. The van der Waals surface area contributed by atoms with Gasteiger partial charge in [0.05, 0.1) is 25.9 Å². The highest BCUT2D eigenvalue weighted by Crippen LogP contribution is 2.19. The van der Waals surface area contributed by atoms with Gasteiger partial charge in [-0.05, 0) is 29.8 Å². The molecule has 4 nitrogen and oxygen atoms in total. The van der Waals surface area contributed by atoms with E-state index in [0.717, 1.165) is 11.3 Å². The summed E-state index contributed by atoms with van der Waals surface area (Å²) in [6.07, 6.45) is 0. The normalized spacial score (nSPS) is 9.90. The molecule has 2 aromatic rings. The first-order chi connectivity index (χ1) is 10.3. The Morgan fingerprint density at radius 1 is 1.05 bits per heavy atom. The number of hydrogen-bond donors (Lipinski definition) is 0. The van der Waals surface area contributed by atoms with E-state index in [1.807, 2.05) is 42.5 Å². The van der Waals surface area contributed by atoms with E-state index in [1.165, 1.54) is 0 Å². The highest BCUT2D eigenvalue weighted by molar-refractivity contribution is 5.45. The number of rotatable bonds is 7. The average Bonchev–Trinajstić information content (AvgIpc) is 2.55. The number of hydrogen-bond acceptors (Lipinski definition) is 4. The second kappa shape index (κ2) is 7.93. The third-order valence-electron chi connectivity index (χ3n) is 2.89. The number of para-hydroxylation sites is 1. The molecule has 0 spiro atoms. The van der Waals surface area contributed by atoms with E-state index in [4.69, 9.17) is 19.5 Å². The van der Waals surface area contributed by atoms with E-state index >= 15 is 0 Å². The fraction of sp³-hybridized carbons (Fsp3) is 0.235. The zero-order valence-corrected chi connectivity index (χ0v) is 11.9. The van der Waals surface area contributed by atoms with Gasteiger partial charge in [-0.25, -0.2) is 0 Å². The molecule has 2 rings (SSSR count). The van der Waals surface area contributed by atoms with Crippen molar-refractivity contribution < 1.29 is 14.2 Å². The summed E-state index contributed by atoms with van der Waals surface area (Å²) in [6.45, 7) is 1.45. The molecule has 0 aliphatic carbocycles. The maximum absolute atomic E-state index is 8.92. The topological polar surface area (TPSA) is 51.5 Å². The Balaban J connectivity index is 1.75. The Morgan fingerprint density at radius 2 is 1.86 bits per heavy atom. The molecule has 0 unspecified atom stereocenters. The molecule has 2 aromatic carbocycles. The lowest BCUT2D eigenvalue weighted by Crippen LogP contribution is -2.06. The van der Waals surface area contributed by atoms with Crippen LogP contribution in [0.4, 0.5) is 0 Å². The predicted molar refractivity (Wildman–Crippen MR) is 79.3 cm³/mol. The highest BCUT2D eigenvalue weighted by Gasteiger charge is 2.03. The van der Waals surface area contributed by atoms with Crippen molar-refractivity contribution in [2.75, 3.05) is 20.3 Å². The van der Waals surface area contributed by atoms with Crippen LogP contribution < -0.4 is 9.47 Å². The molecule has 0 aliphatic heterocycles. The Labute approximate surface area is 124 Å². The van der Waals surface area contributed by atoms with Gasteiger partial charge in [0.25, 0.3) is 0 Å². The van der Waals surface area contributed by atoms with Gasteiger partial charge < -0.3 is 14.2 Å². The summed E-state index contributed by atoms with van der Waals surface area (Å²) in [5.41, 5.74) is 1.49. The van der Waals surface area contributed by atoms with E-state index in [0.29, 0.717) is 31.1 Å². The molecule has 0 aromatic heterocycles. The zero-order chi connectivity index (χ0) is 14.9. The third kappa shape index (κ3) is 4.51. The minimum Gasteiger partial charge on any atom is -0.495 e. The first kappa shape index (κ1) is 14.9. The minimum absolute atomic E-state index is 0.459. The van der Waals surface area contributed by atoms with Crippen molar-refractivity contribution in [2.45, 2.75) is 6.61 Å². The van der Waals surface area contributed by atoms with Crippen molar-refractivity contribution in [3.05, 3.63) is 59.7 Å². The van der Waals surface area contributed by atoms with E-state index in [1.54, 1.807) is 13.2 Å². The first-order valence-electron chi connectivity index (χ1n) is 6.66. The Morgan fingerprint density at radius 3 is 2.57 bits per heavy atom. The van der Waals surface area contributed by atoms with Crippen LogP contribution >= 0.6 is 0 Å². The van der Waals surface area contributed by atoms with Gasteiger partial charge in [0.15, 0.2) is 0 Å². The lowest BCUT2D eigenvalue weighted by molar-refractivity contribution is 0.0888. The van der Waals surface area contributed by atoms with E-state index in [2.05, 4.69) is 6.07 Å². The van der Waals surface area contributed by atoms with Crippen molar-refractivity contribution in [1.82, 2.24) is 0 Å². The molecule has 0 heterocycles. The van der Waals surface area contributed by atoms with E-state index < -0.39 is 0 Å². The van der Waals surface area contributed by atoms with Gasteiger partial charge in [0.1, 0.15) is 24.2 Å². The fourth-order valence-electron chi connectivity index (χ4n) is 1.84. The van der Waals surface area contributed by atoms with Gasteiger partial charge in [-0.3, -0.25) is 0 Å². The summed E-state index contributed by atoms with van der Waals surface area (Å²) in [5, 5.41) is 8.92. The highest BCUT2D eigenvalue weighted by atomic mass is 16.5. The van der Waals surface area contributed by atoms with Gasteiger partial charge in [0, 0.05) is 0 Å². The summed E-state index contributed by atoms with van der Waals surface area (Å²) in [6, 6.07) is 17.1. The predicted octanol–water partition coefficient (Wildman–Crippen LogP) is 3.16. The summed E-state index contributed by atoms with van der Waals surface area (Å²) >= 11 is 0. The smallest absolute Gasteiger partial charge is 0.136 e. The minimum atomic E-state index is 0.459. The second-order valence-corrected chi connectivity index (χ2v) is 4.36. The Hall–Kier alpha value is -2.51. The Kier molecular flexibility index (Phi) is 5.62. The average molecular weight is 283 g/mol. The largest absolute Gasteiger partial charge is 0.495 e. The number of nitriles is 1. The van der Waals surface area contributed by atoms with Crippen molar-refractivity contribution in [3.8, 4) is 17.6 Å². The zero-order valence-electron chi connectivity index (χ0n) is 11.9. The number of benzene rings is 2. The summed E-state index contributed by atoms with van der Waals surface area (Å²) in [7, 11) is 1.55. The number of ether oxygens (including phenoxy) is 3. The van der Waals surface area contributed by atoms with Gasteiger partial charge >= 0.3 is 0 Å². The quantitative estimate of drug-likeness (QED) is 0.732. The molecule has 0 aliphatic rings. The van der Waals surface area contributed by atoms with Crippen molar-refractivity contribution in [3.63, 3.8) is 0 Å². The molecule has 21 heavy (non-hydrogen) atoms. The van der Waals surface area contributed by atoms with Crippen LogP contribution in [0, 0.1) is 11.3 Å². The first-order valence-corrected chi connectivity index (χ1v) is 6.66. The van der Waals surface area contributed by atoms with Crippen LogP contribution in [0.15, 0.2) is 48.5 Å². The van der Waals surface area contributed by atoms with Gasteiger partial charge in [-0.1, -0.05) is 24.3 Å². The molecular weight excluding hydrogens is 266 g/mol. The van der Waals surface area contributed by atoms with E-state index in [9.17, 15) is 0 Å². The molecule has 0 fully saturated rings. The van der Waals surface area contributed by atoms with Crippen molar-refractivity contribution in [2.24, 2.45) is 0 Å². The van der Waals surface area contributed by atoms with Crippen LogP contribution in [0.5, 0.6) is 11.5 Å². The molecule has 0 bridgehead atoms. The standard InChI is InChI=1S/C17H17NO3/c1-19-17-11-14(7-8-15(17)12-18)13-20-9-10-21-16-5-3-2-4-6-16/h2-8,11H,9-10,13H2,1H3. The monoisotopic (exact) mass is 283 g/mol. The van der Waals surface area contributed by atoms with E-state index in [-0.39, 0.29) is 0 Å². The lowest BCUT2D eigenvalue weighted by atomic mass is 10.1. The van der Waals surface area contributed by atoms with Gasteiger partial charge in [0.2, 0.25) is 0 Å². The lowest BCUT2D eigenvalue weighted by Gasteiger charge is -2.08. The second-order valence-electron chi connectivity index (χ2n) is 4.36. The SMILES string of the molecule is COc1cc(COCCOc2ccccc2)ccc1C#N. The molecule has 0 saturated carbocycles. The van der Waals surface area contributed by atoms with Crippen LogP contribution in [0.25, 0.3) is 0 Å². The molecule has 0 saturated heterocycles. The Bertz CT molecular complexity index is 605.